The van der Waals surface area contributed by atoms with Gasteiger partial charge in [0.05, 0.1) is 10.6 Å². The first-order valence-electron chi connectivity index (χ1n) is 10.5. The van der Waals surface area contributed by atoms with Crippen LogP contribution in [0.5, 0.6) is 5.75 Å². The molecule has 174 valence electrons. The van der Waals surface area contributed by atoms with E-state index < -0.39 is 0 Å². The maximum atomic E-state index is 12.2. The molecule has 0 fully saturated rings. The summed E-state index contributed by atoms with van der Waals surface area (Å²) >= 11 is 13.8. The topological polar surface area (TPSA) is 76.4 Å². The minimum Gasteiger partial charge on any atom is -0.484 e. The van der Waals surface area contributed by atoms with Gasteiger partial charge in [-0.1, -0.05) is 37.6 Å². The highest BCUT2D eigenvalue weighted by Gasteiger charge is 2.13. The van der Waals surface area contributed by atoms with Crippen LogP contribution in [0.3, 0.4) is 0 Å². The van der Waals surface area contributed by atoms with Gasteiger partial charge in [0.25, 0.3) is 5.91 Å². The monoisotopic (exact) mass is 605 g/mol. The first-order valence-corrected chi connectivity index (χ1v) is 12.3. The maximum absolute atomic E-state index is 12.2. The van der Waals surface area contributed by atoms with E-state index in [-0.39, 0.29) is 17.6 Å². The Morgan fingerprint density at radius 3 is 2.65 bits per heavy atom. The molecule has 6 nitrogen and oxygen atoms in total. The summed E-state index contributed by atoms with van der Waals surface area (Å²) in [5.74, 6) is 1.14. The van der Waals surface area contributed by atoms with Crippen LogP contribution in [-0.2, 0) is 4.79 Å². The first-order chi connectivity index (χ1) is 16.3. The summed E-state index contributed by atoms with van der Waals surface area (Å²) < 4.78 is 12.4. The van der Waals surface area contributed by atoms with Crippen LogP contribution in [0, 0.1) is 3.57 Å². The Labute approximate surface area is 221 Å². The Hall–Kier alpha value is -2.69. The van der Waals surface area contributed by atoms with Crippen LogP contribution in [0.2, 0.25) is 5.02 Å². The fourth-order valence-corrected chi connectivity index (χ4v) is 4.13. The molecule has 3 aromatic carbocycles. The van der Waals surface area contributed by atoms with Gasteiger partial charge in [0.15, 0.2) is 17.3 Å². The van der Waals surface area contributed by atoms with Crippen molar-refractivity contribution in [3.8, 4) is 17.2 Å². The number of aromatic nitrogens is 1. The lowest BCUT2D eigenvalue weighted by atomic mass is 10.0. The predicted octanol–water partition coefficient (Wildman–Crippen LogP) is 6.77. The van der Waals surface area contributed by atoms with E-state index in [0.29, 0.717) is 39.4 Å². The molecule has 4 rings (SSSR count). The number of fused-ring (bicyclic) bond motifs is 1. The van der Waals surface area contributed by atoms with Gasteiger partial charge in [0.2, 0.25) is 5.89 Å². The van der Waals surface area contributed by atoms with Gasteiger partial charge in [-0.25, -0.2) is 4.98 Å². The number of nitrogens with zero attached hydrogens (tertiary/aromatic N) is 1. The molecular weight excluding hydrogens is 585 g/mol. The molecule has 1 aromatic heterocycles. The number of hydrogen-bond donors (Lipinski definition) is 2. The van der Waals surface area contributed by atoms with Gasteiger partial charge in [-0.2, -0.15) is 0 Å². The first kappa shape index (κ1) is 24.4. The second-order valence-corrected chi connectivity index (χ2v) is 9.90. The van der Waals surface area contributed by atoms with Gasteiger partial charge in [-0.05, 0) is 94.8 Å². The van der Waals surface area contributed by atoms with E-state index in [4.69, 9.17) is 33.0 Å². The summed E-state index contributed by atoms with van der Waals surface area (Å²) in [4.78, 5) is 16.8. The fourth-order valence-electron chi connectivity index (χ4n) is 3.20. The number of nitrogens with one attached hydrogen (secondary N) is 2. The lowest BCUT2D eigenvalue weighted by molar-refractivity contribution is -0.121. The maximum Gasteiger partial charge on any atom is 0.264 e. The zero-order valence-corrected chi connectivity index (χ0v) is 22.1. The van der Waals surface area contributed by atoms with Crippen LogP contribution in [-0.4, -0.2) is 22.6 Å². The zero-order chi connectivity index (χ0) is 24.2. The number of halogens is 2. The molecule has 34 heavy (non-hydrogen) atoms. The molecule has 1 heterocycles. The van der Waals surface area contributed by atoms with Gasteiger partial charge in [-0.15, -0.1) is 0 Å². The molecule has 9 heteroatoms. The minimum absolute atomic E-state index is 0.148. The standard InChI is InChI=1S/C25H21ClIN3O3S/c1-14(2)15-3-7-18(8-4-15)32-13-23(31)30-25(34)28-17-6-10-22-21(12-17)29-24(33-22)19-11-16(27)5-9-20(19)26/h3-12,14H,13H2,1-2H3,(H2,28,30,31,34). The van der Waals surface area contributed by atoms with E-state index in [0.717, 1.165) is 9.13 Å². The van der Waals surface area contributed by atoms with E-state index in [2.05, 4.69) is 52.1 Å². The average molecular weight is 606 g/mol. The van der Waals surface area contributed by atoms with E-state index >= 15 is 0 Å². The molecular formula is C25H21ClIN3O3S. The van der Waals surface area contributed by atoms with Gasteiger partial charge in [0, 0.05) is 9.26 Å². The number of hydrogen-bond acceptors (Lipinski definition) is 5. The average Bonchev–Trinajstić information content (AvgIpc) is 3.22. The van der Waals surface area contributed by atoms with Gasteiger partial charge >= 0.3 is 0 Å². The van der Waals surface area contributed by atoms with Gasteiger partial charge in [0.1, 0.15) is 11.3 Å². The molecule has 0 saturated heterocycles. The summed E-state index contributed by atoms with van der Waals surface area (Å²) in [5, 5.41) is 6.32. The predicted molar refractivity (Wildman–Crippen MR) is 148 cm³/mol. The molecule has 0 aliphatic rings. The Bertz CT molecular complexity index is 1360. The fraction of sp³-hybridized carbons (Fsp3) is 0.160. The molecule has 0 spiro atoms. The number of carbonyl (C=O) groups excluding carboxylic acids is 1. The molecule has 1 amide bonds. The molecule has 0 aliphatic heterocycles. The van der Waals surface area contributed by atoms with Crippen LogP contribution in [0.4, 0.5) is 5.69 Å². The highest BCUT2D eigenvalue weighted by molar-refractivity contribution is 14.1. The van der Waals surface area contributed by atoms with Crippen LogP contribution >= 0.6 is 46.4 Å². The van der Waals surface area contributed by atoms with Gasteiger partial charge < -0.3 is 14.5 Å². The van der Waals surface area contributed by atoms with Crippen molar-refractivity contribution in [1.82, 2.24) is 10.3 Å². The molecule has 2 N–H and O–H groups in total. The van der Waals surface area contributed by atoms with E-state index in [1.165, 1.54) is 5.56 Å². The molecule has 0 unspecified atom stereocenters. The van der Waals surface area contributed by atoms with Crippen molar-refractivity contribution in [2.75, 3.05) is 11.9 Å². The van der Waals surface area contributed by atoms with Crippen molar-refractivity contribution in [2.24, 2.45) is 0 Å². The highest BCUT2D eigenvalue weighted by Crippen LogP contribution is 2.32. The number of rotatable bonds is 6. The molecule has 0 bridgehead atoms. The Morgan fingerprint density at radius 1 is 1.15 bits per heavy atom. The number of ether oxygens (including phenoxy) is 1. The summed E-state index contributed by atoms with van der Waals surface area (Å²) in [6.07, 6.45) is 0. The molecule has 0 aliphatic carbocycles. The zero-order valence-electron chi connectivity index (χ0n) is 18.4. The molecule has 4 aromatic rings. The quantitative estimate of drug-likeness (QED) is 0.187. The smallest absolute Gasteiger partial charge is 0.264 e. The largest absolute Gasteiger partial charge is 0.484 e. The van der Waals surface area contributed by atoms with Crippen LogP contribution in [0.1, 0.15) is 25.3 Å². The minimum atomic E-state index is -0.358. The number of anilines is 1. The van der Waals surface area contributed by atoms with E-state index in [9.17, 15) is 4.79 Å². The Morgan fingerprint density at radius 2 is 1.91 bits per heavy atom. The number of oxazole rings is 1. The number of benzene rings is 3. The van der Waals surface area contributed by atoms with Crippen molar-refractivity contribution in [3.63, 3.8) is 0 Å². The summed E-state index contributed by atoms with van der Waals surface area (Å²) in [7, 11) is 0. The van der Waals surface area contributed by atoms with E-state index in [1.807, 2.05) is 42.5 Å². The molecule has 0 atom stereocenters. The third-order valence-corrected chi connectivity index (χ3v) is 6.18. The Balaban J connectivity index is 1.36. The van der Waals surface area contributed by atoms with Crippen molar-refractivity contribution >= 4 is 74.2 Å². The van der Waals surface area contributed by atoms with Crippen molar-refractivity contribution in [3.05, 3.63) is 74.8 Å². The number of carbonyl (C=O) groups is 1. The summed E-state index contributed by atoms with van der Waals surface area (Å²) in [6.45, 7) is 4.09. The third kappa shape index (κ3) is 6.05. The second kappa shape index (κ2) is 10.7. The number of thiocarbonyl (C=S) groups is 1. The Kier molecular flexibility index (Phi) is 7.70. The van der Waals surface area contributed by atoms with E-state index in [1.54, 1.807) is 18.2 Å². The lowest BCUT2D eigenvalue weighted by Crippen LogP contribution is -2.37. The highest BCUT2D eigenvalue weighted by atomic mass is 127. The van der Waals surface area contributed by atoms with Crippen molar-refractivity contribution < 1.29 is 13.9 Å². The third-order valence-electron chi connectivity index (χ3n) is 4.97. The van der Waals surface area contributed by atoms with Crippen molar-refractivity contribution in [2.45, 2.75) is 19.8 Å². The number of amides is 1. The van der Waals surface area contributed by atoms with Crippen molar-refractivity contribution in [1.29, 1.82) is 0 Å². The SMILES string of the molecule is CC(C)c1ccc(OCC(=O)NC(=S)Nc2ccc3oc(-c4cc(I)ccc4Cl)nc3c2)cc1. The van der Waals surface area contributed by atoms with Crippen LogP contribution in [0.25, 0.3) is 22.6 Å². The van der Waals surface area contributed by atoms with Crippen LogP contribution < -0.4 is 15.4 Å². The summed E-state index contributed by atoms with van der Waals surface area (Å²) in [5.41, 5.74) is 3.84. The summed E-state index contributed by atoms with van der Waals surface area (Å²) in [6, 6.07) is 18.7. The molecule has 0 saturated carbocycles. The normalized spacial score (nSPS) is 11.0. The van der Waals surface area contributed by atoms with Crippen LogP contribution in [0.15, 0.2) is 65.1 Å². The lowest BCUT2D eigenvalue weighted by Gasteiger charge is -2.11. The second-order valence-electron chi connectivity index (χ2n) is 7.84. The molecule has 0 radical (unpaired) electrons. The van der Waals surface area contributed by atoms with Gasteiger partial charge in [-0.3, -0.25) is 10.1 Å².